The molecule has 0 radical (unpaired) electrons. The van der Waals surface area contributed by atoms with Crippen molar-refractivity contribution in [2.75, 3.05) is 13.9 Å². The fourth-order valence-corrected chi connectivity index (χ4v) is 2.68. The van der Waals surface area contributed by atoms with Crippen LogP contribution in [0.4, 0.5) is 0 Å². The molecular weight excluding hydrogens is 348 g/mol. The Labute approximate surface area is 169 Å². The summed E-state index contributed by atoms with van der Waals surface area (Å²) in [4.78, 5) is 0. The molecule has 0 saturated heterocycles. The Morgan fingerprint density at radius 2 is 1.68 bits per heavy atom. The minimum absolute atomic E-state index is 0.0967. The highest BCUT2D eigenvalue weighted by molar-refractivity contribution is 5.40. The van der Waals surface area contributed by atoms with Gasteiger partial charge in [-0.15, -0.1) is 0 Å². The molecule has 28 heavy (non-hydrogen) atoms. The van der Waals surface area contributed by atoms with E-state index < -0.39 is 0 Å². The maximum Gasteiger partial charge on any atom is 0.176 e. The van der Waals surface area contributed by atoms with Gasteiger partial charge >= 0.3 is 0 Å². The number of allylic oxidation sites excluding steroid dienone is 1. The fraction of sp³-hybridized carbons (Fsp3) is 0.360. The average molecular weight is 379 g/mol. The summed E-state index contributed by atoms with van der Waals surface area (Å²) in [6.45, 7) is 2.46. The van der Waals surface area contributed by atoms with Gasteiger partial charge in [0.2, 0.25) is 0 Å². The van der Waals surface area contributed by atoms with Crippen LogP contribution in [0.2, 0.25) is 0 Å². The molecule has 0 spiro atoms. The van der Waals surface area contributed by atoms with Crippen LogP contribution in [0, 0.1) is 11.8 Å². The van der Waals surface area contributed by atoms with E-state index in [1.54, 1.807) is 7.11 Å². The molecule has 0 bridgehead atoms. The monoisotopic (exact) mass is 378 g/mol. The van der Waals surface area contributed by atoms with Crippen molar-refractivity contribution in [1.82, 2.24) is 0 Å². The van der Waals surface area contributed by atoms with E-state index in [2.05, 4.69) is 18.8 Å². The molecule has 0 saturated carbocycles. The summed E-state index contributed by atoms with van der Waals surface area (Å²) in [5, 5.41) is 0. The standard InChI is InChI=1S/C25H30O3/c1-3-4-5-10-17-24(27-21-26-2)20-25(28-23-15-11-7-12-16-23)19-18-22-13-8-6-9-14-22/h6-9,11-16,20,24H,3-5,10,17,21H2,1-2H3/b25-20-. The first-order valence-corrected chi connectivity index (χ1v) is 9.94. The minimum Gasteiger partial charge on any atom is -0.449 e. The Morgan fingerprint density at radius 3 is 2.36 bits per heavy atom. The second-order valence-corrected chi connectivity index (χ2v) is 6.52. The first-order valence-electron chi connectivity index (χ1n) is 9.94. The third-order valence-corrected chi connectivity index (χ3v) is 4.15. The lowest BCUT2D eigenvalue weighted by atomic mass is 10.1. The van der Waals surface area contributed by atoms with Crippen LogP contribution in [-0.2, 0) is 9.47 Å². The molecule has 0 aromatic heterocycles. The summed E-state index contributed by atoms with van der Waals surface area (Å²) in [5.41, 5.74) is 0.947. The Kier molecular flexibility index (Phi) is 10.6. The molecule has 0 aliphatic rings. The van der Waals surface area contributed by atoms with Gasteiger partial charge in [-0.05, 0) is 42.7 Å². The molecule has 0 aliphatic carbocycles. The number of ether oxygens (including phenoxy) is 3. The van der Waals surface area contributed by atoms with Crippen LogP contribution in [-0.4, -0.2) is 20.0 Å². The molecular formula is C25H30O3. The maximum absolute atomic E-state index is 6.04. The maximum atomic E-state index is 6.04. The zero-order valence-electron chi connectivity index (χ0n) is 16.9. The molecule has 3 heteroatoms. The van der Waals surface area contributed by atoms with Crippen molar-refractivity contribution in [3.8, 4) is 17.6 Å². The predicted octanol–water partition coefficient (Wildman–Crippen LogP) is 5.96. The molecule has 3 nitrogen and oxygen atoms in total. The number of benzene rings is 2. The summed E-state index contributed by atoms with van der Waals surface area (Å²) in [5.74, 6) is 7.68. The number of unbranched alkanes of at least 4 members (excludes halogenated alkanes) is 3. The molecule has 1 atom stereocenters. The van der Waals surface area contributed by atoms with Gasteiger partial charge in [-0.1, -0.05) is 74.9 Å². The lowest BCUT2D eigenvalue weighted by Crippen LogP contribution is -2.14. The van der Waals surface area contributed by atoms with Crippen LogP contribution in [0.25, 0.3) is 0 Å². The Balaban J connectivity index is 2.18. The molecule has 2 aromatic carbocycles. The molecule has 2 aromatic rings. The highest BCUT2D eigenvalue weighted by Crippen LogP contribution is 2.16. The van der Waals surface area contributed by atoms with Gasteiger partial charge < -0.3 is 14.2 Å². The van der Waals surface area contributed by atoms with E-state index in [9.17, 15) is 0 Å². The van der Waals surface area contributed by atoms with Gasteiger partial charge in [0, 0.05) is 12.7 Å². The van der Waals surface area contributed by atoms with Crippen LogP contribution < -0.4 is 4.74 Å². The van der Waals surface area contributed by atoms with Crippen LogP contribution >= 0.6 is 0 Å². The molecule has 2 rings (SSSR count). The average Bonchev–Trinajstić information content (AvgIpc) is 2.74. The Bertz CT molecular complexity index is 742. The summed E-state index contributed by atoms with van der Waals surface area (Å²) in [6.07, 6.45) is 7.53. The van der Waals surface area contributed by atoms with Gasteiger partial charge in [-0.25, -0.2) is 0 Å². The normalized spacial score (nSPS) is 12.1. The fourth-order valence-electron chi connectivity index (χ4n) is 2.68. The van der Waals surface area contributed by atoms with Gasteiger partial charge in [0.15, 0.2) is 5.76 Å². The van der Waals surface area contributed by atoms with E-state index in [1.165, 1.54) is 19.3 Å². The van der Waals surface area contributed by atoms with E-state index in [-0.39, 0.29) is 12.9 Å². The van der Waals surface area contributed by atoms with Crippen molar-refractivity contribution in [2.24, 2.45) is 0 Å². The van der Waals surface area contributed by atoms with Crippen LogP contribution in [0.3, 0.4) is 0 Å². The lowest BCUT2D eigenvalue weighted by molar-refractivity contribution is -0.0585. The number of rotatable bonds is 11. The van der Waals surface area contributed by atoms with Crippen molar-refractivity contribution in [3.05, 3.63) is 78.1 Å². The van der Waals surface area contributed by atoms with E-state index in [0.717, 1.165) is 24.2 Å². The summed E-state index contributed by atoms with van der Waals surface area (Å²) in [6, 6.07) is 19.6. The first kappa shape index (κ1) is 21.8. The number of methoxy groups -OCH3 is 1. The smallest absolute Gasteiger partial charge is 0.176 e. The van der Waals surface area contributed by atoms with Crippen molar-refractivity contribution < 1.29 is 14.2 Å². The third kappa shape index (κ3) is 8.90. The zero-order valence-corrected chi connectivity index (χ0v) is 16.9. The van der Waals surface area contributed by atoms with E-state index >= 15 is 0 Å². The van der Waals surface area contributed by atoms with Crippen LogP contribution in [0.5, 0.6) is 5.75 Å². The van der Waals surface area contributed by atoms with Crippen molar-refractivity contribution in [1.29, 1.82) is 0 Å². The van der Waals surface area contributed by atoms with Gasteiger partial charge in [0.25, 0.3) is 0 Å². The minimum atomic E-state index is -0.0967. The number of para-hydroxylation sites is 1. The van der Waals surface area contributed by atoms with E-state index in [0.29, 0.717) is 5.76 Å². The SMILES string of the molecule is CCCCCCC(/C=C(/C#Cc1ccccc1)Oc1ccccc1)OCOC. The number of hydrogen-bond acceptors (Lipinski definition) is 3. The van der Waals surface area contributed by atoms with Gasteiger partial charge in [0.1, 0.15) is 12.5 Å². The highest BCUT2D eigenvalue weighted by Gasteiger charge is 2.09. The predicted molar refractivity (Wildman–Crippen MR) is 114 cm³/mol. The summed E-state index contributed by atoms with van der Waals surface area (Å²) in [7, 11) is 1.63. The summed E-state index contributed by atoms with van der Waals surface area (Å²) < 4.78 is 17.0. The molecule has 0 heterocycles. The topological polar surface area (TPSA) is 27.7 Å². The summed E-state index contributed by atoms with van der Waals surface area (Å²) >= 11 is 0. The molecule has 0 N–H and O–H groups in total. The second kappa shape index (κ2) is 13.6. The van der Waals surface area contributed by atoms with Gasteiger partial charge in [-0.3, -0.25) is 0 Å². The molecule has 1 unspecified atom stereocenters. The number of hydrogen-bond donors (Lipinski definition) is 0. The largest absolute Gasteiger partial charge is 0.449 e. The molecule has 0 fully saturated rings. The molecule has 0 amide bonds. The van der Waals surface area contributed by atoms with Crippen LogP contribution in [0.15, 0.2) is 72.5 Å². The zero-order chi connectivity index (χ0) is 19.9. The van der Waals surface area contributed by atoms with Gasteiger partial charge in [-0.2, -0.15) is 0 Å². The second-order valence-electron chi connectivity index (χ2n) is 6.52. The Hall–Kier alpha value is -2.54. The van der Waals surface area contributed by atoms with E-state index in [1.807, 2.05) is 66.7 Å². The van der Waals surface area contributed by atoms with Crippen LogP contribution in [0.1, 0.15) is 44.6 Å². The lowest BCUT2D eigenvalue weighted by Gasteiger charge is -2.15. The van der Waals surface area contributed by atoms with E-state index in [4.69, 9.17) is 14.2 Å². The highest BCUT2D eigenvalue weighted by atomic mass is 16.7. The first-order chi connectivity index (χ1) is 13.8. The quantitative estimate of drug-likeness (QED) is 0.209. The van der Waals surface area contributed by atoms with Gasteiger partial charge in [0.05, 0.1) is 6.10 Å². The Morgan fingerprint density at radius 1 is 0.964 bits per heavy atom. The molecule has 0 aliphatic heterocycles. The molecule has 148 valence electrons. The van der Waals surface area contributed by atoms with Crippen molar-refractivity contribution >= 4 is 0 Å². The van der Waals surface area contributed by atoms with Crippen molar-refractivity contribution in [2.45, 2.75) is 45.1 Å². The third-order valence-electron chi connectivity index (χ3n) is 4.15. The van der Waals surface area contributed by atoms with Crippen molar-refractivity contribution in [3.63, 3.8) is 0 Å².